The summed E-state index contributed by atoms with van der Waals surface area (Å²) in [6.07, 6.45) is 0. The smallest absolute Gasteiger partial charge is 0.273 e. The third-order valence-corrected chi connectivity index (χ3v) is 6.09. The van der Waals surface area contributed by atoms with Crippen molar-refractivity contribution >= 4 is 5.91 Å². The molecule has 6 rings (SSSR count). The molecule has 3 aromatic carbocycles. The lowest BCUT2D eigenvalue weighted by Gasteiger charge is -2.26. The Bertz CT molecular complexity index is 1310. The van der Waals surface area contributed by atoms with Crippen LogP contribution in [-0.4, -0.2) is 27.8 Å². The molecule has 1 unspecified atom stereocenters. The zero-order chi connectivity index (χ0) is 21.7. The first-order chi connectivity index (χ1) is 15.7. The number of hydrogen-bond donors (Lipinski definition) is 1. The van der Waals surface area contributed by atoms with Gasteiger partial charge in [-0.25, -0.2) is 0 Å². The number of fused-ring (bicyclic) bond motifs is 2. The molecule has 4 aromatic rings. The number of nitrogens with zero attached hydrogens (tertiary/aromatic N) is 2. The predicted octanol–water partition coefficient (Wildman–Crippen LogP) is 4.86. The van der Waals surface area contributed by atoms with Gasteiger partial charge in [0.15, 0.2) is 11.5 Å². The topological polar surface area (TPSA) is 67.5 Å². The lowest BCUT2D eigenvalue weighted by atomic mass is 9.95. The average molecular weight is 423 g/mol. The van der Waals surface area contributed by atoms with Gasteiger partial charge in [-0.3, -0.25) is 9.89 Å². The van der Waals surface area contributed by atoms with Crippen LogP contribution in [0.25, 0.3) is 11.3 Å². The second-order valence-corrected chi connectivity index (χ2v) is 8.16. The van der Waals surface area contributed by atoms with Crippen LogP contribution >= 0.6 is 0 Å². The Labute approximate surface area is 185 Å². The largest absolute Gasteiger partial charge is 0.454 e. The van der Waals surface area contributed by atoms with Gasteiger partial charge < -0.3 is 14.4 Å². The van der Waals surface area contributed by atoms with Gasteiger partial charge in [0, 0.05) is 17.7 Å². The van der Waals surface area contributed by atoms with Crippen LogP contribution in [0.1, 0.15) is 38.8 Å². The van der Waals surface area contributed by atoms with E-state index in [1.165, 1.54) is 5.56 Å². The average Bonchev–Trinajstić information content (AvgIpc) is 3.52. The van der Waals surface area contributed by atoms with Gasteiger partial charge in [-0.05, 0) is 30.2 Å². The third-order valence-electron chi connectivity index (χ3n) is 6.09. The van der Waals surface area contributed by atoms with Crippen molar-refractivity contribution in [3.8, 4) is 22.8 Å². The Kier molecular flexibility index (Phi) is 4.24. The molecule has 0 radical (unpaired) electrons. The Morgan fingerprint density at radius 3 is 2.59 bits per heavy atom. The maximum Gasteiger partial charge on any atom is 0.273 e. The molecule has 158 valence electrons. The summed E-state index contributed by atoms with van der Waals surface area (Å²) in [6.45, 7) is 2.74. The molecule has 6 nitrogen and oxygen atoms in total. The van der Waals surface area contributed by atoms with Gasteiger partial charge >= 0.3 is 0 Å². The van der Waals surface area contributed by atoms with Gasteiger partial charge in [0.1, 0.15) is 5.69 Å². The Hall–Kier alpha value is -4.06. The van der Waals surface area contributed by atoms with Crippen LogP contribution in [0.2, 0.25) is 0 Å². The Morgan fingerprint density at radius 1 is 1.00 bits per heavy atom. The summed E-state index contributed by atoms with van der Waals surface area (Å²) in [5.41, 5.74) is 6.49. The van der Waals surface area contributed by atoms with Crippen LogP contribution in [-0.2, 0) is 6.54 Å². The van der Waals surface area contributed by atoms with E-state index in [0.29, 0.717) is 18.0 Å². The molecule has 0 fully saturated rings. The zero-order valence-corrected chi connectivity index (χ0v) is 17.5. The number of aryl methyl sites for hydroxylation is 1. The van der Waals surface area contributed by atoms with E-state index in [0.717, 1.165) is 33.7 Å². The molecule has 1 atom stereocenters. The Balaban J connectivity index is 1.46. The van der Waals surface area contributed by atoms with Crippen molar-refractivity contribution in [1.29, 1.82) is 0 Å². The number of amides is 1. The van der Waals surface area contributed by atoms with E-state index in [1.807, 2.05) is 53.4 Å². The first-order valence-corrected chi connectivity index (χ1v) is 10.6. The minimum Gasteiger partial charge on any atom is -0.454 e. The molecule has 6 heteroatoms. The molecule has 0 saturated carbocycles. The number of rotatable bonds is 4. The fraction of sp³-hybridized carbons (Fsp3) is 0.154. The number of benzene rings is 3. The number of carbonyl (C=O) groups is 1. The first-order valence-electron chi connectivity index (χ1n) is 10.6. The van der Waals surface area contributed by atoms with E-state index < -0.39 is 0 Å². The molecule has 1 amide bonds. The van der Waals surface area contributed by atoms with E-state index in [1.54, 1.807) is 0 Å². The van der Waals surface area contributed by atoms with Gasteiger partial charge in [-0.15, -0.1) is 0 Å². The third kappa shape index (κ3) is 2.95. The van der Waals surface area contributed by atoms with E-state index in [2.05, 4.69) is 41.4 Å². The summed E-state index contributed by atoms with van der Waals surface area (Å²) >= 11 is 0. The summed E-state index contributed by atoms with van der Waals surface area (Å²) in [6, 6.07) is 23.9. The normalized spacial score (nSPS) is 16.5. The number of aromatic amines is 1. The van der Waals surface area contributed by atoms with Crippen LogP contribution in [0.5, 0.6) is 11.5 Å². The molecule has 1 aromatic heterocycles. The summed E-state index contributed by atoms with van der Waals surface area (Å²) in [5, 5.41) is 7.55. The van der Waals surface area contributed by atoms with E-state index in [4.69, 9.17) is 9.47 Å². The highest BCUT2D eigenvalue weighted by Gasteiger charge is 2.42. The minimum atomic E-state index is -0.238. The summed E-state index contributed by atoms with van der Waals surface area (Å²) < 4.78 is 11.0. The number of H-pyrrole nitrogens is 1. The monoisotopic (exact) mass is 423 g/mol. The molecule has 2 aliphatic heterocycles. The highest BCUT2D eigenvalue weighted by molar-refractivity contribution is 6.00. The van der Waals surface area contributed by atoms with Gasteiger partial charge in [0.25, 0.3) is 5.91 Å². The highest BCUT2D eigenvalue weighted by Crippen LogP contribution is 2.44. The molecule has 0 aliphatic carbocycles. The molecule has 0 saturated heterocycles. The standard InChI is InChI=1S/C26H21N3O3/c1-16-7-10-19(11-8-16)25-22-23(18-5-3-2-4-6-18)27-28-24(22)26(30)29(25)14-17-9-12-20-21(13-17)32-15-31-20/h2-13,25H,14-15H2,1H3,(H,27,28). The quantitative estimate of drug-likeness (QED) is 0.509. The molecule has 32 heavy (non-hydrogen) atoms. The lowest BCUT2D eigenvalue weighted by molar-refractivity contribution is 0.0730. The fourth-order valence-corrected chi connectivity index (χ4v) is 4.51. The number of carbonyl (C=O) groups excluding carboxylic acids is 1. The summed E-state index contributed by atoms with van der Waals surface area (Å²) in [7, 11) is 0. The van der Waals surface area contributed by atoms with E-state index >= 15 is 0 Å². The predicted molar refractivity (Wildman–Crippen MR) is 119 cm³/mol. The van der Waals surface area contributed by atoms with Crippen molar-refractivity contribution in [1.82, 2.24) is 15.1 Å². The van der Waals surface area contributed by atoms with Crippen LogP contribution in [0.4, 0.5) is 0 Å². The molecular weight excluding hydrogens is 402 g/mol. The SMILES string of the molecule is Cc1ccc(C2c3c(-c4ccccc4)n[nH]c3C(=O)N2Cc2ccc3c(c2)OCO3)cc1. The lowest BCUT2D eigenvalue weighted by Crippen LogP contribution is -2.29. The van der Waals surface area contributed by atoms with Crippen LogP contribution in [0.3, 0.4) is 0 Å². The van der Waals surface area contributed by atoms with Crippen molar-refractivity contribution in [2.45, 2.75) is 19.5 Å². The van der Waals surface area contributed by atoms with Crippen molar-refractivity contribution < 1.29 is 14.3 Å². The molecule has 2 aliphatic rings. The maximum atomic E-state index is 13.5. The molecule has 3 heterocycles. The van der Waals surface area contributed by atoms with Gasteiger partial charge in [-0.1, -0.05) is 66.2 Å². The molecule has 0 bridgehead atoms. The van der Waals surface area contributed by atoms with Crippen LogP contribution in [0.15, 0.2) is 72.8 Å². The van der Waals surface area contributed by atoms with Gasteiger partial charge in [-0.2, -0.15) is 5.10 Å². The number of aromatic nitrogens is 2. The minimum absolute atomic E-state index is 0.0575. The Morgan fingerprint density at radius 2 is 1.78 bits per heavy atom. The van der Waals surface area contributed by atoms with Crippen molar-refractivity contribution in [2.24, 2.45) is 0 Å². The van der Waals surface area contributed by atoms with Crippen LogP contribution in [0, 0.1) is 6.92 Å². The van der Waals surface area contributed by atoms with Crippen molar-refractivity contribution in [2.75, 3.05) is 6.79 Å². The van der Waals surface area contributed by atoms with E-state index in [9.17, 15) is 4.79 Å². The molecule has 0 spiro atoms. The van der Waals surface area contributed by atoms with Crippen molar-refractivity contribution in [3.05, 3.63) is 101 Å². The summed E-state index contributed by atoms with van der Waals surface area (Å²) in [5.74, 6) is 1.39. The molecule has 1 N–H and O–H groups in total. The fourth-order valence-electron chi connectivity index (χ4n) is 4.51. The second kappa shape index (κ2) is 7.27. The van der Waals surface area contributed by atoms with Gasteiger partial charge in [0.05, 0.1) is 11.7 Å². The number of hydrogen-bond acceptors (Lipinski definition) is 4. The van der Waals surface area contributed by atoms with Crippen molar-refractivity contribution in [3.63, 3.8) is 0 Å². The number of nitrogens with one attached hydrogen (secondary N) is 1. The highest BCUT2D eigenvalue weighted by atomic mass is 16.7. The molecular formula is C26H21N3O3. The number of ether oxygens (including phenoxy) is 2. The van der Waals surface area contributed by atoms with Crippen LogP contribution < -0.4 is 9.47 Å². The summed E-state index contributed by atoms with van der Waals surface area (Å²) in [4.78, 5) is 15.4. The van der Waals surface area contributed by atoms with E-state index in [-0.39, 0.29) is 18.7 Å². The first kappa shape index (κ1) is 18.7. The maximum absolute atomic E-state index is 13.5. The zero-order valence-electron chi connectivity index (χ0n) is 17.5. The second-order valence-electron chi connectivity index (χ2n) is 8.16. The van der Waals surface area contributed by atoms with Gasteiger partial charge in [0.2, 0.25) is 6.79 Å².